The van der Waals surface area contributed by atoms with Crippen molar-refractivity contribution in [3.8, 4) is 0 Å². The first-order valence-electron chi connectivity index (χ1n) is 7.19. The van der Waals surface area contributed by atoms with Gasteiger partial charge in [0, 0.05) is 18.7 Å². The third-order valence-electron chi connectivity index (χ3n) is 2.97. The van der Waals surface area contributed by atoms with Gasteiger partial charge in [0.1, 0.15) is 0 Å². The zero-order valence-electron chi connectivity index (χ0n) is 13.9. The van der Waals surface area contributed by atoms with Crippen molar-refractivity contribution in [3.63, 3.8) is 0 Å². The Hall–Kier alpha value is -1.07. The maximum atomic E-state index is 11.1. The Morgan fingerprint density at radius 2 is 1.86 bits per heavy atom. The third-order valence-corrected chi connectivity index (χ3v) is 4.83. The number of aliphatic imine (C=N–C) groups is 1. The average Bonchev–Trinajstić information content (AvgIpc) is 2.38. The molecule has 116 valence electrons. The molecule has 1 atom stereocenters. The number of rotatable bonds is 5. The van der Waals surface area contributed by atoms with Crippen molar-refractivity contribution < 1.29 is 4.79 Å². The van der Waals surface area contributed by atoms with Gasteiger partial charge in [-0.2, -0.15) is 0 Å². The van der Waals surface area contributed by atoms with E-state index in [4.69, 9.17) is 4.99 Å². The predicted molar refractivity (Wildman–Crippen MR) is 96.9 cm³/mol. The maximum absolute atomic E-state index is 11.1. The lowest BCUT2D eigenvalue weighted by molar-refractivity contribution is -0.119. The summed E-state index contributed by atoms with van der Waals surface area (Å²) in [4.78, 5) is 15.9. The lowest BCUT2D eigenvalue weighted by Crippen LogP contribution is -2.25. The summed E-state index contributed by atoms with van der Waals surface area (Å²) < 4.78 is 0. The molecule has 0 fully saturated rings. The molecule has 1 amide bonds. The zero-order chi connectivity index (χ0) is 16.0. The fourth-order valence-electron chi connectivity index (χ4n) is 1.89. The second kappa shape index (κ2) is 7.80. The molecule has 0 aromatic heterocycles. The van der Waals surface area contributed by atoms with E-state index >= 15 is 0 Å². The minimum absolute atomic E-state index is 0.00641. The highest BCUT2D eigenvalue weighted by Gasteiger charge is 2.13. The first kappa shape index (κ1) is 18.0. The molecule has 1 aromatic rings. The van der Waals surface area contributed by atoms with Gasteiger partial charge in [-0.05, 0) is 18.7 Å². The van der Waals surface area contributed by atoms with Crippen molar-refractivity contribution in [2.45, 2.75) is 39.5 Å². The number of thioether (sulfide) groups is 1. The summed E-state index contributed by atoms with van der Waals surface area (Å²) in [5, 5.41) is 3.99. The van der Waals surface area contributed by atoms with Crippen LogP contribution in [0.3, 0.4) is 0 Å². The van der Waals surface area contributed by atoms with Crippen molar-refractivity contribution >= 4 is 30.8 Å². The van der Waals surface area contributed by atoms with Gasteiger partial charge in [0.25, 0.3) is 0 Å². The van der Waals surface area contributed by atoms with E-state index in [9.17, 15) is 4.79 Å². The summed E-state index contributed by atoms with van der Waals surface area (Å²) >= 11 is 1.69. The van der Waals surface area contributed by atoms with Crippen molar-refractivity contribution in [1.82, 2.24) is 5.32 Å². The molecule has 5 heteroatoms. The molecule has 0 aliphatic rings. The minimum atomic E-state index is -1.16. The van der Waals surface area contributed by atoms with Crippen molar-refractivity contribution in [3.05, 3.63) is 35.4 Å². The molecule has 21 heavy (non-hydrogen) atoms. The van der Waals surface area contributed by atoms with Crippen LogP contribution in [0.2, 0.25) is 19.6 Å². The zero-order valence-corrected chi connectivity index (χ0v) is 15.7. The normalized spacial score (nSPS) is 13.9. The van der Waals surface area contributed by atoms with Crippen molar-refractivity contribution in [2.24, 2.45) is 4.99 Å². The van der Waals surface area contributed by atoms with Crippen LogP contribution in [0.4, 0.5) is 0 Å². The number of hydrogen-bond acceptors (Lipinski definition) is 3. The highest BCUT2D eigenvalue weighted by Crippen LogP contribution is 2.17. The number of amides is 1. The molecule has 0 aliphatic carbocycles. The predicted octanol–water partition coefficient (Wildman–Crippen LogP) is 3.87. The smallest absolute Gasteiger partial charge is 0.217 e. The third kappa shape index (κ3) is 6.48. The van der Waals surface area contributed by atoms with E-state index in [-0.39, 0.29) is 11.9 Å². The molecule has 1 N–H and O–H groups in total. The Balaban J connectivity index is 2.87. The molecule has 0 heterocycles. The van der Waals surface area contributed by atoms with Gasteiger partial charge >= 0.3 is 0 Å². The summed E-state index contributed by atoms with van der Waals surface area (Å²) in [6, 6.07) is 8.35. The summed E-state index contributed by atoms with van der Waals surface area (Å²) in [6.07, 6.45) is 3.02. The molecule has 0 bridgehead atoms. The standard InChI is InChI=1S/C16H26N2OSSi/c1-12(18-13(2)19)14-7-9-15(10-8-14)16(20-3)17-11-21(4,5)6/h7-10,12H,11H2,1-6H3,(H,18,19). The molecule has 0 saturated carbocycles. The molecule has 1 rings (SSSR count). The topological polar surface area (TPSA) is 41.5 Å². The Morgan fingerprint density at radius 1 is 1.29 bits per heavy atom. The van der Waals surface area contributed by atoms with Crippen LogP contribution in [-0.2, 0) is 4.79 Å². The van der Waals surface area contributed by atoms with Crippen LogP contribution < -0.4 is 5.32 Å². The van der Waals surface area contributed by atoms with Gasteiger partial charge in [-0.15, -0.1) is 11.8 Å². The first-order chi connectivity index (χ1) is 9.73. The minimum Gasteiger partial charge on any atom is -0.350 e. The van der Waals surface area contributed by atoms with Gasteiger partial charge < -0.3 is 5.32 Å². The number of carbonyl (C=O) groups is 1. The van der Waals surface area contributed by atoms with Crippen LogP contribution in [0.25, 0.3) is 0 Å². The van der Waals surface area contributed by atoms with E-state index in [1.54, 1.807) is 18.7 Å². The summed E-state index contributed by atoms with van der Waals surface area (Å²) in [6.45, 7) is 10.5. The SMILES string of the molecule is CSC(=NC[Si](C)(C)C)c1ccc(C(C)NC(C)=O)cc1. The van der Waals surface area contributed by atoms with Crippen LogP contribution in [0.15, 0.2) is 29.3 Å². The van der Waals surface area contributed by atoms with Crippen LogP contribution in [0.1, 0.15) is 31.0 Å². The second-order valence-electron chi connectivity index (χ2n) is 6.43. The highest BCUT2D eigenvalue weighted by atomic mass is 32.2. The van der Waals surface area contributed by atoms with Crippen molar-refractivity contribution in [1.29, 1.82) is 0 Å². The van der Waals surface area contributed by atoms with Gasteiger partial charge in [-0.3, -0.25) is 9.79 Å². The van der Waals surface area contributed by atoms with E-state index < -0.39 is 8.07 Å². The van der Waals surface area contributed by atoms with Crippen LogP contribution in [0, 0.1) is 0 Å². The van der Waals surface area contributed by atoms with Crippen LogP contribution in [0.5, 0.6) is 0 Å². The summed E-state index contributed by atoms with van der Waals surface area (Å²) in [5.74, 6) is -0.00641. The molecule has 0 radical (unpaired) electrons. The van der Waals surface area contributed by atoms with E-state index in [0.717, 1.165) is 22.3 Å². The maximum Gasteiger partial charge on any atom is 0.217 e. The van der Waals surface area contributed by atoms with Gasteiger partial charge in [0.05, 0.1) is 19.2 Å². The Morgan fingerprint density at radius 3 is 2.29 bits per heavy atom. The number of nitrogens with one attached hydrogen (secondary N) is 1. The number of benzene rings is 1. The Labute approximate surface area is 133 Å². The van der Waals surface area contributed by atoms with E-state index in [1.165, 1.54) is 0 Å². The average molecular weight is 323 g/mol. The van der Waals surface area contributed by atoms with Gasteiger partial charge in [0.2, 0.25) is 5.91 Å². The molecule has 0 aliphatic heterocycles. The van der Waals surface area contributed by atoms with Gasteiger partial charge in [-0.1, -0.05) is 43.9 Å². The fourth-order valence-corrected chi connectivity index (χ4v) is 3.20. The monoisotopic (exact) mass is 322 g/mol. The Kier molecular flexibility index (Phi) is 6.68. The molecular formula is C16H26N2OSSi. The van der Waals surface area contributed by atoms with E-state index in [2.05, 4.69) is 55.5 Å². The summed E-state index contributed by atoms with van der Waals surface area (Å²) in [7, 11) is -1.16. The van der Waals surface area contributed by atoms with E-state index in [1.807, 2.05) is 6.92 Å². The molecule has 0 spiro atoms. The number of hydrogen-bond donors (Lipinski definition) is 1. The van der Waals surface area contributed by atoms with E-state index in [0.29, 0.717) is 0 Å². The molecule has 1 unspecified atom stereocenters. The fraction of sp³-hybridized carbons (Fsp3) is 0.500. The lowest BCUT2D eigenvalue weighted by Gasteiger charge is -2.15. The number of nitrogens with zero attached hydrogens (tertiary/aromatic N) is 1. The second-order valence-corrected chi connectivity index (χ2v) is 12.7. The molecule has 1 aromatic carbocycles. The first-order valence-corrected chi connectivity index (χ1v) is 12.1. The molecule has 0 saturated heterocycles. The highest BCUT2D eigenvalue weighted by molar-refractivity contribution is 8.13. The quantitative estimate of drug-likeness (QED) is 0.508. The van der Waals surface area contributed by atoms with Gasteiger partial charge in [0.15, 0.2) is 0 Å². The number of carbonyl (C=O) groups excluding carboxylic acids is 1. The lowest BCUT2D eigenvalue weighted by atomic mass is 10.1. The molecule has 3 nitrogen and oxygen atoms in total. The van der Waals surface area contributed by atoms with Gasteiger partial charge in [-0.25, -0.2) is 0 Å². The molecular weight excluding hydrogens is 296 g/mol. The Bertz CT molecular complexity index is 506. The van der Waals surface area contributed by atoms with Crippen LogP contribution >= 0.6 is 11.8 Å². The van der Waals surface area contributed by atoms with Crippen molar-refractivity contribution in [2.75, 3.05) is 12.4 Å². The largest absolute Gasteiger partial charge is 0.350 e. The summed E-state index contributed by atoms with van der Waals surface area (Å²) in [5.41, 5.74) is 2.26. The van der Waals surface area contributed by atoms with Crippen LogP contribution in [-0.4, -0.2) is 31.4 Å².